The Hall–Kier alpha value is -2.91. The Balaban J connectivity index is 1.48. The van der Waals surface area contributed by atoms with E-state index < -0.39 is 34.5 Å². The number of nitrogens with one attached hydrogen (secondary N) is 1. The minimum Gasteiger partial charge on any atom is -0.456 e. The third-order valence-corrected chi connectivity index (χ3v) is 7.94. The van der Waals surface area contributed by atoms with E-state index in [4.69, 9.17) is 27.9 Å². The highest BCUT2D eigenvalue weighted by molar-refractivity contribution is 7.89. The van der Waals surface area contributed by atoms with Crippen LogP contribution in [0.25, 0.3) is 0 Å². The molecule has 35 heavy (non-hydrogen) atoms. The number of ether oxygens (including phenoxy) is 1. The van der Waals surface area contributed by atoms with Crippen LogP contribution in [0.2, 0.25) is 10.0 Å². The lowest BCUT2D eigenvalue weighted by Crippen LogP contribution is -2.41. The molecule has 0 aromatic heterocycles. The van der Waals surface area contributed by atoms with Crippen LogP contribution in [0.4, 0.5) is 5.69 Å². The third-order valence-electron chi connectivity index (χ3n) is 5.58. The quantitative estimate of drug-likeness (QED) is 0.439. The van der Waals surface area contributed by atoms with Gasteiger partial charge in [-0.15, -0.1) is 0 Å². The summed E-state index contributed by atoms with van der Waals surface area (Å²) in [5, 5.41) is 3.26. The topological polar surface area (TPSA) is 92.8 Å². The number of halogens is 2. The molecule has 1 atom stereocenters. The molecule has 4 rings (SSSR count). The molecule has 10 heteroatoms. The van der Waals surface area contributed by atoms with E-state index >= 15 is 0 Å². The average molecular weight is 533 g/mol. The van der Waals surface area contributed by atoms with Crippen molar-refractivity contribution in [1.82, 2.24) is 4.31 Å². The Kier molecular flexibility index (Phi) is 7.76. The first-order chi connectivity index (χ1) is 16.7. The number of hydrogen-bond donors (Lipinski definition) is 1. The molecule has 1 heterocycles. The van der Waals surface area contributed by atoms with Crippen LogP contribution in [0.5, 0.6) is 0 Å². The van der Waals surface area contributed by atoms with Gasteiger partial charge in [0.15, 0.2) is 6.61 Å². The maximum Gasteiger partial charge on any atom is 0.308 e. The maximum atomic E-state index is 13.4. The van der Waals surface area contributed by atoms with Gasteiger partial charge in [-0.2, -0.15) is 4.31 Å². The molecule has 1 aliphatic rings. The zero-order valence-electron chi connectivity index (χ0n) is 18.5. The molecule has 0 fully saturated rings. The Morgan fingerprint density at radius 2 is 1.63 bits per heavy atom. The van der Waals surface area contributed by atoms with E-state index in [1.165, 1.54) is 34.6 Å². The number of carbonyl (C=O) groups is 2. The number of esters is 1. The summed E-state index contributed by atoms with van der Waals surface area (Å²) in [7, 11) is -3.86. The van der Waals surface area contributed by atoms with E-state index in [0.717, 1.165) is 11.1 Å². The highest BCUT2D eigenvalue weighted by Gasteiger charge is 2.37. The molecule has 0 radical (unpaired) electrons. The summed E-state index contributed by atoms with van der Waals surface area (Å²) in [6.45, 7) is -0.315. The first-order valence-electron chi connectivity index (χ1n) is 10.8. The van der Waals surface area contributed by atoms with Crippen molar-refractivity contribution >= 4 is 50.8 Å². The molecule has 3 aromatic rings. The molecular weight excluding hydrogens is 511 g/mol. The standard InChI is InChI=1S/C25H22Cl2N2O5S/c26-18-12-19(27)14-20(13-18)28-24(30)16-34-25(31)15-23-22-9-5-4-6-17(22)10-11-29(23)35(32,33)21-7-2-1-3-8-21/h1-9,12-14,23H,10-11,15-16H2,(H,28,30). The van der Waals surface area contributed by atoms with Gasteiger partial charge in [0.25, 0.3) is 5.91 Å². The number of rotatable bonds is 7. The molecule has 3 aromatic carbocycles. The van der Waals surface area contributed by atoms with Gasteiger partial charge in [-0.1, -0.05) is 65.7 Å². The second-order valence-corrected chi connectivity index (χ2v) is 10.7. The van der Waals surface area contributed by atoms with Crippen LogP contribution in [-0.4, -0.2) is 37.8 Å². The molecule has 0 aliphatic carbocycles. The lowest BCUT2D eigenvalue weighted by molar-refractivity contribution is -0.148. The van der Waals surface area contributed by atoms with Crippen molar-refractivity contribution < 1.29 is 22.7 Å². The van der Waals surface area contributed by atoms with Crippen molar-refractivity contribution in [2.24, 2.45) is 0 Å². The maximum absolute atomic E-state index is 13.4. The van der Waals surface area contributed by atoms with Gasteiger partial charge in [0, 0.05) is 22.3 Å². The molecule has 0 spiro atoms. The van der Waals surface area contributed by atoms with Crippen LogP contribution in [-0.2, 0) is 30.8 Å². The highest BCUT2D eigenvalue weighted by Crippen LogP contribution is 2.36. The lowest BCUT2D eigenvalue weighted by atomic mass is 9.92. The molecular formula is C25H22Cl2N2O5S. The SMILES string of the molecule is O=C(COC(=O)CC1c2ccccc2CCN1S(=O)(=O)c1ccccc1)Nc1cc(Cl)cc(Cl)c1. The van der Waals surface area contributed by atoms with Crippen LogP contribution in [0, 0.1) is 0 Å². The van der Waals surface area contributed by atoms with Gasteiger partial charge < -0.3 is 10.1 Å². The fourth-order valence-electron chi connectivity index (χ4n) is 4.04. The largest absolute Gasteiger partial charge is 0.456 e. The van der Waals surface area contributed by atoms with Gasteiger partial charge in [-0.25, -0.2) is 8.42 Å². The second-order valence-electron chi connectivity index (χ2n) is 7.96. The number of carbonyl (C=O) groups excluding carboxylic acids is 2. The minimum absolute atomic E-state index is 0.150. The zero-order valence-corrected chi connectivity index (χ0v) is 20.8. The molecule has 1 amide bonds. The van der Waals surface area contributed by atoms with Crippen LogP contribution >= 0.6 is 23.2 Å². The number of benzene rings is 3. The zero-order chi connectivity index (χ0) is 25.0. The normalized spacial score (nSPS) is 15.8. The van der Waals surface area contributed by atoms with Crippen molar-refractivity contribution in [3.05, 3.63) is 94.0 Å². The summed E-state index contributed by atoms with van der Waals surface area (Å²) in [5.41, 5.74) is 2.08. The monoisotopic (exact) mass is 532 g/mol. The molecule has 182 valence electrons. The van der Waals surface area contributed by atoms with E-state index in [2.05, 4.69) is 5.32 Å². The van der Waals surface area contributed by atoms with Gasteiger partial charge in [0.05, 0.1) is 17.4 Å². The van der Waals surface area contributed by atoms with Crippen molar-refractivity contribution in [2.75, 3.05) is 18.5 Å². The number of amides is 1. The fourth-order valence-corrected chi connectivity index (χ4v) is 6.19. The van der Waals surface area contributed by atoms with Gasteiger partial charge in [0.1, 0.15) is 0 Å². The average Bonchev–Trinajstić information content (AvgIpc) is 2.83. The first-order valence-corrected chi connectivity index (χ1v) is 13.0. The van der Waals surface area contributed by atoms with Crippen LogP contribution in [0.15, 0.2) is 77.7 Å². The van der Waals surface area contributed by atoms with Crippen LogP contribution in [0.1, 0.15) is 23.6 Å². The molecule has 1 unspecified atom stereocenters. The van der Waals surface area contributed by atoms with E-state index in [1.54, 1.807) is 24.3 Å². The summed E-state index contributed by atoms with van der Waals surface area (Å²) >= 11 is 11.9. The summed E-state index contributed by atoms with van der Waals surface area (Å²) in [4.78, 5) is 25.1. The van der Waals surface area contributed by atoms with Crippen LogP contribution in [0.3, 0.4) is 0 Å². The molecule has 7 nitrogen and oxygen atoms in total. The van der Waals surface area contributed by atoms with Gasteiger partial charge in [0.2, 0.25) is 10.0 Å². The van der Waals surface area contributed by atoms with E-state index in [0.29, 0.717) is 22.2 Å². The summed E-state index contributed by atoms with van der Waals surface area (Å²) < 4.78 is 33.3. The Morgan fingerprint density at radius 1 is 0.971 bits per heavy atom. The third kappa shape index (κ3) is 6.02. The number of hydrogen-bond acceptors (Lipinski definition) is 5. The number of fused-ring (bicyclic) bond motifs is 1. The molecule has 1 N–H and O–H groups in total. The van der Waals surface area contributed by atoms with Crippen LogP contribution < -0.4 is 5.32 Å². The molecule has 0 saturated carbocycles. The highest BCUT2D eigenvalue weighted by atomic mass is 35.5. The Morgan fingerprint density at radius 3 is 2.34 bits per heavy atom. The smallest absolute Gasteiger partial charge is 0.308 e. The molecule has 0 bridgehead atoms. The number of nitrogens with zero attached hydrogens (tertiary/aromatic N) is 1. The minimum atomic E-state index is -3.86. The van der Waals surface area contributed by atoms with Gasteiger partial charge >= 0.3 is 5.97 Å². The van der Waals surface area contributed by atoms with E-state index in [1.807, 2.05) is 18.2 Å². The first kappa shape index (κ1) is 25.2. The molecule has 0 saturated heterocycles. The van der Waals surface area contributed by atoms with Gasteiger partial charge in [-0.3, -0.25) is 9.59 Å². The van der Waals surface area contributed by atoms with E-state index in [-0.39, 0.29) is 17.9 Å². The summed E-state index contributed by atoms with van der Waals surface area (Å²) in [6, 6.07) is 19.3. The molecule has 1 aliphatic heterocycles. The van der Waals surface area contributed by atoms with E-state index in [9.17, 15) is 18.0 Å². The van der Waals surface area contributed by atoms with Gasteiger partial charge in [-0.05, 0) is 47.9 Å². The van der Waals surface area contributed by atoms with Crippen molar-refractivity contribution in [2.45, 2.75) is 23.8 Å². The predicted molar refractivity (Wildman–Crippen MR) is 134 cm³/mol. The number of sulfonamides is 1. The fraction of sp³-hybridized carbons (Fsp3) is 0.200. The summed E-state index contributed by atoms with van der Waals surface area (Å²) in [6.07, 6.45) is 0.289. The van der Waals surface area contributed by atoms with Crippen molar-refractivity contribution in [1.29, 1.82) is 0 Å². The Labute approximate surface area is 213 Å². The second kappa shape index (κ2) is 10.8. The predicted octanol–water partition coefficient (Wildman–Crippen LogP) is 4.85. The van der Waals surface area contributed by atoms with Crippen molar-refractivity contribution in [3.8, 4) is 0 Å². The lowest BCUT2D eigenvalue weighted by Gasteiger charge is -2.36. The van der Waals surface area contributed by atoms with Crippen molar-refractivity contribution in [3.63, 3.8) is 0 Å². The number of anilines is 1. The Bertz CT molecular complexity index is 1330. The summed E-state index contributed by atoms with van der Waals surface area (Å²) in [5.74, 6) is -1.27.